The lowest BCUT2D eigenvalue weighted by Gasteiger charge is -2.35. The third-order valence-corrected chi connectivity index (χ3v) is 6.79. The Morgan fingerprint density at radius 3 is 2.19 bits per heavy atom. The summed E-state index contributed by atoms with van der Waals surface area (Å²) in [6.45, 7) is 5.85. The lowest BCUT2D eigenvalue weighted by atomic mass is 9.98. The number of likely N-dealkylation sites (N-methyl/N-ethyl adjacent to an activating group) is 1. The van der Waals surface area contributed by atoms with Gasteiger partial charge in [-0.05, 0) is 73.6 Å². The van der Waals surface area contributed by atoms with Crippen molar-refractivity contribution in [1.29, 1.82) is 0 Å². The molecule has 1 aliphatic rings. The topological polar surface area (TPSA) is 68.2 Å². The zero-order valence-electron chi connectivity index (χ0n) is 22.3. The van der Waals surface area contributed by atoms with Crippen molar-refractivity contribution in [2.75, 3.05) is 20.8 Å². The Hall–Kier alpha value is -3.35. The molecule has 1 amide bonds. The zero-order valence-corrected chi connectivity index (χ0v) is 22.3. The van der Waals surface area contributed by atoms with Crippen LogP contribution in [0.25, 0.3) is 11.1 Å². The van der Waals surface area contributed by atoms with Gasteiger partial charge in [-0.15, -0.1) is 0 Å². The number of amides is 1. The summed E-state index contributed by atoms with van der Waals surface area (Å²) >= 11 is 0. The molecule has 0 saturated carbocycles. The van der Waals surface area contributed by atoms with Gasteiger partial charge < -0.3 is 24.2 Å². The number of rotatable bonds is 9. The summed E-state index contributed by atoms with van der Waals surface area (Å²) < 4.78 is 17.0. The summed E-state index contributed by atoms with van der Waals surface area (Å²) in [6.07, 6.45) is -0.538. The van der Waals surface area contributed by atoms with Gasteiger partial charge in [0.05, 0.1) is 18.8 Å². The molecule has 0 spiro atoms. The second-order valence-corrected chi connectivity index (χ2v) is 10.5. The molecule has 1 N–H and O–H groups in total. The smallest absolute Gasteiger partial charge is 0.409 e. The fraction of sp³-hybridized carbons (Fsp3) is 0.387. The van der Waals surface area contributed by atoms with E-state index in [-0.39, 0.29) is 12.5 Å². The van der Waals surface area contributed by atoms with Gasteiger partial charge in [0.15, 0.2) is 6.29 Å². The third kappa shape index (κ3) is 6.32. The van der Waals surface area contributed by atoms with Gasteiger partial charge in [0.2, 0.25) is 0 Å². The summed E-state index contributed by atoms with van der Waals surface area (Å²) in [7, 11) is 3.29. The number of aliphatic hydroxyl groups is 1. The summed E-state index contributed by atoms with van der Waals surface area (Å²) in [5, 5.41) is 11.0. The highest BCUT2D eigenvalue weighted by molar-refractivity contribution is 5.79. The van der Waals surface area contributed by atoms with E-state index in [2.05, 4.69) is 24.3 Å². The Bertz CT molecular complexity index is 1170. The average Bonchev–Trinajstić information content (AvgIpc) is 3.20. The van der Waals surface area contributed by atoms with Gasteiger partial charge in [-0.25, -0.2) is 4.79 Å². The van der Waals surface area contributed by atoms with E-state index in [9.17, 15) is 9.90 Å². The molecule has 37 heavy (non-hydrogen) atoms. The zero-order chi connectivity index (χ0) is 26.6. The van der Waals surface area contributed by atoms with E-state index < -0.39 is 24.0 Å². The van der Waals surface area contributed by atoms with Crippen LogP contribution in [0.3, 0.4) is 0 Å². The van der Waals surface area contributed by atoms with Gasteiger partial charge in [0, 0.05) is 13.0 Å². The van der Waals surface area contributed by atoms with Crippen LogP contribution in [0.1, 0.15) is 49.8 Å². The highest BCUT2D eigenvalue weighted by Gasteiger charge is 2.33. The number of aryl methyl sites for hydroxylation is 1. The standard InChI is InChI=1S/C31H37NO5/c1-31(2,3)37-29(33)28(18-17-21-11-10-12-22(19-21)35-5)32(4)30(34)36-20-27-25-15-8-6-13-23(25)24-14-7-9-16-26(24)27/h6-16,19,27-29,33H,17-18,20H2,1-5H3/t28-,29?/m0/s1. The molecule has 2 atom stereocenters. The number of ether oxygens (including phenoxy) is 3. The minimum atomic E-state index is -1.17. The number of carbonyl (C=O) groups excluding carboxylic acids is 1. The van der Waals surface area contributed by atoms with Crippen molar-refractivity contribution in [2.45, 2.75) is 57.5 Å². The summed E-state index contributed by atoms with van der Waals surface area (Å²) in [5.41, 5.74) is 5.15. The number of hydrogen-bond donors (Lipinski definition) is 1. The SMILES string of the molecule is COc1cccc(CC[C@@H](C(O)OC(C)(C)C)N(C)C(=O)OCC2c3ccccc3-c3ccccc32)c1. The largest absolute Gasteiger partial charge is 0.497 e. The number of benzene rings is 3. The molecule has 0 radical (unpaired) electrons. The highest BCUT2D eigenvalue weighted by atomic mass is 16.6. The first-order valence-electron chi connectivity index (χ1n) is 12.7. The number of hydrogen-bond acceptors (Lipinski definition) is 5. The minimum Gasteiger partial charge on any atom is -0.497 e. The van der Waals surface area contributed by atoms with E-state index in [1.165, 1.54) is 16.0 Å². The van der Waals surface area contributed by atoms with Crippen molar-refractivity contribution >= 4 is 6.09 Å². The quantitative estimate of drug-likeness (QED) is 0.362. The predicted octanol–water partition coefficient (Wildman–Crippen LogP) is 6.01. The maximum absolute atomic E-state index is 13.3. The fourth-order valence-electron chi connectivity index (χ4n) is 4.94. The maximum atomic E-state index is 13.3. The summed E-state index contributed by atoms with van der Waals surface area (Å²) in [6, 6.07) is 23.7. The van der Waals surface area contributed by atoms with Crippen LogP contribution < -0.4 is 4.74 Å². The van der Waals surface area contributed by atoms with Crippen LogP contribution in [-0.4, -0.2) is 54.8 Å². The number of carbonyl (C=O) groups is 1. The first kappa shape index (κ1) is 26.7. The number of aliphatic hydroxyl groups excluding tert-OH is 1. The van der Waals surface area contributed by atoms with Crippen LogP contribution in [0.5, 0.6) is 5.75 Å². The lowest BCUT2D eigenvalue weighted by molar-refractivity contribution is -0.193. The Balaban J connectivity index is 1.47. The normalized spacial score (nSPS) is 14.4. The maximum Gasteiger partial charge on any atom is 0.409 e. The molecular weight excluding hydrogens is 466 g/mol. The van der Waals surface area contributed by atoms with Crippen LogP contribution in [-0.2, 0) is 15.9 Å². The highest BCUT2D eigenvalue weighted by Crippen LogP contribution is 2.44. The van der Waals surface area contributed by atoms with Crippen molar-refractivity contribution in [3.8, 4) is 16.9 Å². The summed E-state index contributed by atoms with van der Waals surface area (Å²) in [4.78, 5) is 14.7. The minimum absolute atomic E-state index is 0.0317. The van der Waals surface area contributed by atoms with Gasteiger partial charge in [-0.3, -0.25) is 0 Å². The van der Waals surface area contributed by atoms with Crippen molar-refractivity contribution in [1.82, 2.24) is 4.90 Å². The molecule has 0 heterocycles. The van der Waals surface area contributed by atoms with Crippen molar-refractivity contribution in [2.24, 2.45) is 0 Å². The van der Waals surface area contributed by atoms with Gasteiger partial charge >= 0.3 is 6.09 Å². The first-order valence-corrected chi connectivity index (χ1v) is 12.7. The third-order valence-electron chi connectivity index (χ3n) is 6.79. The van der Waals surface area contributed by atoms with Gasteiger partial charge in [0.25, 0.3) is 0 Å². The van der Waals surface area contributed by atoms with E-state index >= 15 is 0 Å². The number of fused-ring (bicyclic) bond motifs is 3. The Labute approximate surface area is 219 Å². The molecule has 0 fully saturated rings. The van der Waals surface area contributed by atoms with Crippen molar-refractivity contribution in [3.63, 3.8) is 0 Å². The van der Waals surface area contributed by atoms with E-state index in [0.717, 1.165) is 22.4 Å². The molecule has 0 bridgehead atoms. The van der Waals surface area contributed by atoms with Gasteiger partial charge in [-0.1, -0.05) is 60.7 Å². The molecule has 3 aromatic carbocycles. The molecule has 1 unspecified atom stereocenters. The van der Waals surface area contributed by atoms with E-state index in [1.807, 2.05) is 69.3 Å². The monoisotopic (exact) mass is 503 g/mol. The van der Waals surface area contributed by atoms with E-state index in [1.54, 1.807) is 14.2 Å². The van der Waals surface area contributed by atoms with Crippen molar-refractivity contribution in [3.05, 3.63) is 89.5 Å². The van der Waals surface area contributed by atoms with Crippen LogP contribution in [0.15, 0.2) is 72.8 Å². The van der Waals surface area contributed by atoms with Crippen LogP contribution >= 0.6 is 0 Å². The molecule has 196 valence electrons. The van der Waals surface area contributed by atoms with E-state index in [0.29, 0.717) is 12.8 Å². The lowest BCUT2D eigenvalue weighted by Crippen LogP contribution is -2.48. The Morgan fingerprint density at radius 2 is 1.59 bits per heavy atom. The number of nitrogens with zero attached hydrogens (tertiary/aromatic N) is 1. The van der Waals surface area contributed by atoms with Crippen LogP contribution in [0.2, 0.25) is 0 Å². The Kier molecular flexibility index (Phi) is 8.20. The first-order chi connectivity index (χ1) is 17.7. The molecule has 0 aromatic heterocycles. The molecule has 1 aliphatic carbocycles. The second-order valence-electron chi connectivity index (χ2n) is 10.5. The molecule has 3 aromatic rings. The molecule has 4 rings (SSSR count). The fourth-order valence-corrected chi connectivity index (χ4v) is 4.94. The Morgan fingerprint density at radius 1 is 0.973 bits per heavy atom. The molecule has 6 nitrogen and oxygen atoms in total. The average molecular weight is 504 g/mol. The van der Waals surface area contributed by atoms with E-state index in [4.69, 9.17) is 14.2 Å². The van der Waals surface area contributed by atoms with Gasteiger partial charge in [0.1, 0.15) is 12.4 Å². The van der Waals surface area contributed by atoms with Crippen molar-refractivity contribution < 1.29 is 24.1 Å². The molecule has 0 aliphatic heterocycles. The van der Waals surface area contributed by atoms with Crippen LogP contribution in [0.4, 0.5) is 4.79 Å². The molecule has 6 heteroatoms. The summed E-state index contributed by atoms with van der Waals surface area (Å²) in [5.74, 6) is 0.737. The molecule has 0 saturated heterocycles. The van der Waals surface area contributed by atoms with Crippen LogP contribution in [0, 0.1) is 0 Å². The second kappa shape index (κ2) is 11.4. The number of methoxy groups -OCH3 is 1. The predicted molar refractivity (Wildman–Crippen MR) is 145 cm³/mol. The van der Waals surface area contributed by atoms with Gasteiger partial charge in [-0.2, -0.15) is 0 Å². The molecular formula is C31H37NO5.